The number of benzene rings is 1. The largest absolute Gasteiger partial charge is 0.478 e. The van der Waals surface area contributed by atoms with E-state index in [-0.39, 0.29) is 21.2 Å². The Labute approximate surface area is 127 Å². The molecule has 0 fully saturated rings. The van der Waals surface area contributed by atoms with E-state index in [9.17, 15) is 13.2 Å². The zero-order valence-corrected chi connectivity index (χ0v) is 13.3. The van der Waals surface area contributed by atoms with E-state index < -0.39 is 16.0 Å². The highest BCUT2D eigenvalue weighted by molar-refractivity contribution is 9.10. The van der Waals surface area contributed by atoms with Crippen LogP contribution in [-0.2, 0) is 10.0 Å². The van der Waals surface area contributed by atoms with E-state index in [1.807, 2.05) is 0 Å². The molecule has 0 atom stereocenters. The summed E-state index contributed by atoms with van der Waals surface area (Å²) in [6, 6.07) is 6.27. The van der Waals surface area contributed by atoms with Crippen molar-refractivity contribution in [2.24, 2.45) is 0 Å². The number of carboxylic acid groups (broad SMARTS) is 1. The first-order chi connectivity index (χ1) is 9.33. The van der Waals surface area contributed by atoms with Crippen LogP contribution in [0.3, 0.4) is 0 Å². The van der Waals surface area contributed by atoms with Crippen molar-refractivity contribution in [3.8, 4) is 0 Å². The maximum atomic E-state index is 12.3. The number of aryl methyl sites for hydroxylation is 1. The van der Waals surface area contributed by atoms with Crippen molar-refractivity contribution < 1.29 is 18.3 Å². The molecule has 0 unspecified atom stereocenters. The molecule has 0 radical (unpaired) electrons. The molecular formula is C11H9BrN2O4S2. The fraction of sp³-hybridized carbons (Fsp3) is 0.0909. The maximum Gasteiger partial charge on any atom is 0.340 e. The third kappa shape index (κ3) is 2.84. The standard InChI is InChI=1S/C11H9BrN2O4S2/c1-6-9(11(15)16)10(19-13-6)14-20(17,18)8-5-3-2-4-7(8)12/h2-5,14H,1H3,(H,15,16). The number of hydrogen-bond donors (Lipinski definition) is 2. The summed E-state index contributed by atoms with van der Waals surface area (Å²) in [5.74, 6) is -1.22. The van der Waals surface area contributed by atoms with Gasteiger partial charge in [0.2, 0.25) is 0 Å². The van der Waals surface area contributed by atoms with E-state index in [1.165, 1.54) is 13.0 Å². The van der Waals surface area contributed by atoms with E-state index >= 15 is 0 Å². The summed E-state index contributed by atoms with van der Waals surface area (Å²) in [7, 11) is -3.88. The average Bonchev–Trinajstić information content (AvgIpc) is 2.70. The second-order valence-corrected chi connectivity index (χ2v) is 7.09. The minimum Gasteiger partial charge on any atom is -0.478 e. The highest BCUT2D eigenvalue weighted by Gasteiger charge is 2.24. The fourth-order valence-electron chi connectivity index (χ4n) is 1.53. The van der Waals surface area contributed by atoms with Gasteiger partial charge in [-0.2, -0.15) is 4.37 Å². The lowest BCUT2D eigenvalue weighted by atomic mass is 10.2. The van der Waals surface area contributed by atoms with Crippen LogP contribution in [0.1, 0.15) is 16.1 Å². The van der Waals surface area contributed by atoms with Gasteiger partial charge in [-0.1, -0.05) is 12.1 Å². The molecule has 0 saturated carbocycles. The Kier molecular flexibility index (Phi) is 4.11. The van der Waals surface area contributed by atoms with Crippen LogP contribution in [0.5, 0.6) is 0 Å². The lowest BCUT2D eigenvalue weighted by Gasteiger charge is -2.08. The number of halogens is 1. The molecular weight excluding hydrogens is 368 g/mol. The topological polar surface area (TPSA) is 96.4 Å². The smallest absolute Gasteiger partial charge is 0.340 e. The normalized spacial score (nSPS) is 11.3. The van der Waals surface area contributed by atoms with Gasteiger partial charge in [-0.15, -0.1) is 0 Å². The number of anilines is 1. The van der Waals surface area contributed by atoms with Gasteiger partial charge in [0.05, 0.1) is 5.69 Å². The molecule has 2 rings (SSSR count). The molecule has 1 aromatic carbocycles. The molecule has 0 aliphatic rings. The zero-order chi connectivity index (χ0) is 14.9. The van der Waals surface area contributed by atoms with E-state index in [0.29, 0.717) is 4.47 Å². The number of aromatic carboxylic acids is 1. The molecule has 0 aliphatic heterocycles. The molecule has 0 bridgehead atoms. The Hall–Kier alpha value is -1.45. The van der Waals surface area contributed by atoms with Gasteiger partial charge in [0.25, 0.3) is 10.0 Å². The molecule has 0 aliphatic carbocycles. The highest BCUT2D eigenvalue weighted by Crippen LogP contribution is 2.29. The fourth-order valence-corrected chi connectivity index (χ4v) is 4.62. The molecule has 1 aromatic heterocycles. The van der Waals surface area contributed by atoms with Crippen molar-refractivity contribution in [1.82, 2.24) is 4.37 Å². The SMILES string of the molecule is Cc1nsc(NS(=O)(=O)c2ccccc2Br)c1C(=O)O. The van der Waals surface area contributed by atoms with E-state index in [2.05, 4.69) is 25.0 Å². The maximum absolute atomic E-state index is 12.3. The van der Waals surface area contributed by atoms with Crippen LogP contribution in [0.2, 0.25) is 0 Å². The van der Waals surface area contributed by atoms with Crippen LogP contribution in [0, 0.1) is 6.92 Å². The van der Waals surface area contributed by atoms with Crippen LogP contribution in [0.15, 0.2) is 33.6 Å². The number of hydrogen-bond acceptors (Lipinski definition) is 5. The number of carboxylic acids is 1. The van der Waals surface area contributed by atoms with E-state index in [1.54, 1.807) is 18.2 Å². The molecule has 6 nitrogen and oxygen atoms in total. The first-order valence-corrected chi connectivity index (χ1v) is 8.35. The number of nitrogens with one attached hydrogen (secondary N) is 1. The third-order valence-electron chi connectivity index (χ3n) is 2.43. The van der Waals surface area contributed by atoms with Crippen LogP contribution in [0.25, 0.3) is 0 Å². The molecule has 0 saturated heterocycles. The van der Waals surface area contributed by atoms with Crippen molar-refractivity contribution in [2.75, 3.05) is 4.72 Å². The van der Waals surface area contributed by atoms with Crippen molar-refractivity contribution in [2.45, 2.75) is 11.8 Å². The van der Waals surface area contributed by atoms with Gasteiger partial charge < -0.3 is 5.11 Å². The summed E-state index contributed by atoms with van der Waals surface area (Å²) < 4.78 is 31.0. The van der Waals surface area contributed by atoms with Crippen LogP contribution in [-0.4, -0.2) is 23.9 Å². The van der Waals surface area contributed by atoms with Gasteiger partial charge in [0, 0.05) is 4.47 Å². The third-order valence-corrected chi connectivity index (χ3v) is 5.77. The zero-order valence-electron chi connectivity index (χ0n) is 10.1. The average molecular weight is 377 g/mol. The Morgan fingerprint density at radius 2 is 2.05 bits per heavy atom. The molecule has 0 amide bonds. The van der Waals surface area contributed by atoms with Gasteiger partial charge in [-0.25, -0.2) is 13.2 Å². The van der Waals surface area contributed by atoms with Gasteiger partial charge in [0.15, 0.2) is 0 Å². The van der Waals surface area contributed by atoms with Crippen molar-refractivity contribution in [3.63, 3.8) is 0 Å². The second kappa shape index (κ2) is 5.51. The molecule has 0 spiro atoms. The highest BCUT2D eigenvalue weighted by atomic mass is 79.9. The summed E-state index contributed by atoms with van der Waals surface area (Å²) in [4.78, 5) is 11.1. The van der Waals surface area contributed by atoms with Crippen LogP contribution < -0.4 is 4.72 Å². The van der Waals surface area contributed by atoms with E-state index in [0.717, 1.165) is 11.5 Å². The summed E-state index contributed by atoms with van der Waals surface area (Å²) in [5, 5.41) is 9.07. The molecule has 9 heteroatoms. The van der Waals surface area contributed by atoms with Crippen LogP contribution in [0.4, 0.5) is 5.00 Å². The minimum absolute atomic E-state index is 0.00856. The van der Waals surface area contributed by atoms with Gasteiger partial charge in [0.1, 0.15) is 15.5 Å². The number of sulfonamides is 1. The lowest BCUT2D eigenvalue weighted by molar-refractivity contribution is 0.0697. The summed E-state index contributed by atoms with van der Waals surface area (Å²) in [5.41, 5.74) is 0.137. The van der Waals surface area contributed by atoms with E-state index in [4.69, 9.17) is 5.11 Å². The summed E-state index contributed by atoms with van der Waals surface area (Å²) in [6.45, 7) is 1.51. The Balaban J connectivity index is 2.45. The number of aromatic nitrogens is 1. The predicted octanol–water partition coefficient (Wildman–Crippen LogP) is 2.71. The summed E-state index contributed by atoms with van der Waals surface area (Å²) in [6.07, 6.45) is 0. The quantitative estimate of drug-likeness (QED) is 0.854. The first kappa shape index (κ1) is 14.9. The van der Waals surface area contributed by atoms with Crippen molar-refractivity contribution in [3.05, 3.63) is 40.0 Å². The van der Waals surface area contributed by atoms with Crippen molar-refractivity contribution >= 4 is 48.5 Å². The minimum atomic E-state index is -3.88. The van der Waals surface area contributed by atoms with Gasteiger partial charge >= 0.3 is 5.97 Å². The number of carbonyl (C=O) groups is 1. The molecule has 2 aromatic rings. The second-order valence-electron chi connectivity index (χ2n) is 3.81. The first-order valence-electron chi connectivity index (χ1n) is 5.30. The Morgan fingerprint density at radius 3 is 2.65 bits per heavy atom. The van der Waals surface area contributed by atoms with Crippen molar-refractivity contribution in [1.29, 1.82) is 0 Å². The van der Waals surface area contributed by atoms with Gasteiger partial charge in [-0.3, -0.25) is 4.72 Å². The number of nitrogens with zero attached hydrogens (tertiary/aromatic N) is 1. The van der Waals surface area contributed by atoms with Crippen LogP contribution >= 0.6 is 27.5 Å². The Morgan fingerprint density at radius 1 is 1.40 bits per heavy atom. The molecule has 2 N–H and O–H groups in total. The molecule has 106 valence electrons. The lowest BCUT2D eigenvalue weighted by Crippen LogP contribution is -2.15. The monoisotopic (exact) mass is 376 g/mol. The molecule has 20 heavy (non-hydrogen) atoms. The Bertz CT molecular complexity index is 770. The molecule has 1 heterocycles. The summed E-state index contributed by atoms with van der Waals surface area (Å²) >= 11 is 3.95. The number of rotatable bonds is 4. The van der Waals surface area contributed by atoms with Gasteiger partial charge in [-0.05, 0) is 46.5 Å². The predicted molar refractivity (Wildman–Crippen MR) is 78.8 cm³/mol.